The lowest BCUT2D eigenvalue weighted by Crippen LogP contribution is -2.57. The van der Waals surface area contributed by atoms with Crippen LogP contribution in [-0.4, -0.2) is 42.1 Å². The third-order valence-electron chi connectivity index (χ3n) is 2.56. The zero-order valence-electron chi connectivity index (χ0n) is 9.15. The maximum atomic E-state index is 11.6. The molecule has 0 aromatic rings. The predicted molar refractivity (Wildman–Crippen MR) is 57.4 cm³/mol. The highest BCUT2D eigenvalue weighted by Gasteiger charge is 2.46. The van der Waals surface area contributed by atoms with Crippen LogP contribution in [-0.2, 0) is 4.74 Å². The number of rotatable bonds is 3. The Kier molecular flexibility index (Phi) is 3.01. The second-order valence-electron chi connectivity index (χ2n) is 3.70. The molecule has 2 atom stereocenters. The van der Waals surface area contributed by atoms with E-state index in [-0.39, 0.29) is 18.5 Å². The van der Waals surface area contributed by atoms with Gasteiger partial charge in [0, 0.05) is 7.11 Å². The molecule has 5 nitrogen and oxygen atoms in total. The van der Waals surface area contributed by atoms with Crippen LogP contribution in [0.15, 0.2) is 4.99 Å². The highest BCUT2D eigenvalue weighted by atomic mass is 16.5. The number of terminal acetylenes is 1. The summed E-state index contributed by atoms with van der Waals surface area (Å²) in [7, 11) is 1.54. The lowest BCUT2D eigenvalue weighted by atomic mass is 9.99. The molecule has 0 bridgehead atoms. The van der Waals surface area contributed by atoms with E-state index in [1.165, 1.54) is 4.90 Å². The summed E-state index contributed by atoms with van der Waals surface area (Å²) in [5, 5.41) is 0. The summed E-state index contributed by atoms with van der Waals surface area (Å²) in [5.41, 5.74) is 4.97. The molecule has 1 heterocycles. The van der Waals surface area contributed by atoms with E-state index in [4.69, 9.17) is 16.9 Å². The van der Waals surface area contributed by atoms with Crippen LogP contribution in [0.5, 0.6) is 0 Å². The average Bonchev–Trinajstić information content (AvgIpc) is 2.38. The Bertz CT molecular complexity index is 345. The largest absolute Gasteiger partial charge is 0.385 e. The maximum Gasteiger partial charge on any atom is 0.347 e. The van der Waals surface area contributed by atoms with E-state index in [1.54, 1.807) is 21.0 Å². The number of hydrogen-bond acceptors (Lipinski definition) is 3. The van der Waals surface area contributed by atoms with Crippen molar-refractivity contribution in [3.05, 3.63) is 0 Å². The lowest BCUT2D eigenvalue weighted by Gasteiger charge is -2.36. The zero-order chi connectivity index (χ0) is 11.6. The molecular formula is C10H15N3O2. The van der Waals surface area contributed by atoms with Gasteiger partial charge < -0.3 is 10.5 Å². The number of hydrogen-bond donors (Lipinski definition) is 1. The van der Waals surface area contributed by atoms with Crippen LogP contribution in [0.4, 0.5) is 4.79 Å². The van der Waals surface area contributed by atoms with Gasteiger partial charge in [-0.1, -0.05) is 5.92 Å². The van der Waals surface area contributed by atoms with Gasteiger partial charge in [0.2, 0.25) is 0 Å². The SMILES string of the molecule is C#CC(C)N1C(=O)N=C(N)C1(C)COC. The normalized spacial score (nSPS) is 27.5. The monoisotopic (exact) mass is 209 g/mol. The molecule has 0 radical (unpaired) electrons. The van der Waals surface area contributed by atoms with Gasteiger partial charge >= 0.3 is 6.03 Å². The van der Waals surface area contributed by atoms with Crippen molar-refractivity contribution in [3.8, 4) is 12.3 Å². The van der Waals surface area contributed by atoms with E-state index in [0.717, 1.165) is 0 Å². The van der Waals surface area contributed by atoms with Gasteiger partial charge in [0.25, 0.3) is 0 Å². The molecule has 0 aromatic carbocycles. The van der Waals surface area contributed by atoms with Crippen molar-refractivity contribution < 1.29 is 9.53 Å². The van der Waals surface area contributed by atoms with Crippen molar-refractivity contribution >= 4 is 11.9 Å². The molecule has 15 heavy (non-hydrogen) atoms. The van der Waals surface area contributed by atoms with Gasteiger partial charge in [0.05, 0.1) is 12.6 Å². The molecule has 2 N–H and O–H groups in total. The Balaban J connectivity index is 3.06. The fourth-order valence-corrected chi connectivity index (χ4v) is 1.70. The quantitative estimate of drug-likeness (QED) is 0.675. The summed E-state index contributed by atoms with van der Waals surface area (Å²) in [6, 6.07) is -0.764. The Hall–Kier alpha value is -1.54. The van der Waals surface area contributed by atoms with Crippen LogP contribution in [0.1, 0.15) is 13.8 Å². The molecule has 1 rings (SSSR count). The number of amides is 2. The van der Waals surface area contributed by atoms with E-state index >= 15 is 0 Å². The smallest absolute Gasteiger partial charge is 0.347 e. The third kappa shape index (κ3) is 1.68. The zero-order valence-corrected chi connectivity index (χ0v) is 9.15. The van der Waals surface area contributed by atoms with Gasteiger partial charge in [-0.25, -0.2) is 4.79 Å². The molecule has 82 valence electrons. The third-order valence-corrected chi connectivity index (χ3v) is 2.56. The number of nitrogens with two attached hydrogens (primary N) is 1. The van der Waals surface area contributed by atoms with E-state index in [9.17, 15) is 4.79 Å². The Morgan fingerprint density at radius 1 is 1.80 bits per heavy atom. The van der Waals surface area contributed by atoms with Crippen molar-refractivity contribution in [2.75, 3.05) is 13.7 Å². The molecule has 0 aliphatic carbocycles. The Labute approximate surface area is 89.3 Å². The van der Waals surface area contributed by atoms with Gasteiger partial charge in [-0.15, -0.1) is 6.42 Å². The van der Waals surface area contributed by atoms with E-state index in [2.05, 4.69) is 10.9 Å². The number of carbonyl (C=O) groups excluding carboxylic acids is 1. The molecule has 2 amide bonds. The van der Waals surface area contributed by atoms with Gasteiger partial charge in [0.1, 0.15) is 11.4 Å². The summed E-state index contributed by atoms with van der Waals surface area (Å²) in [6.45, 7) is 3.81. The number of carbonyl (C=O) groups is 1. The van der Waals surface area contributed by atoms with Crippen LogP contribution in [0, 0.1) is 12.3 Å². The first kappa shape index (κ1) is 11.5. The van der Waals surface area contributed by atoms with Crippen molar-refractivity contribution in [2.45, 2.75) is 25.4 Å². The summed E-state index contributed by atoms with van der Waals surface area (Å²) >= 11 is 0. The fraction of sp³-hybridized carbons (Fsp3) is 0.600. The highest BCUT2D eigenvalue weighted by Crippen LogP contribution is 2.25. The minimum atomic E-state index is -0.738. The van der Waals surface area contributed by atoms with Crippen molar-refractivity contribution in [2.24, 2.45) is 10.7 Å². The summed E-state index contributed by atoms with van der Waals surface area (Å²) in [6.07, 6.45) is 5.30. The fourth-order valence-electron chi connectivity index (χ4n) is 1.70. The second-order valence-corrected chi connectivity index (χ2v) is 3.70. The first-order valence-corrected chi connectivity index (χ1v) is 4.60. The predicted octanol–water partition coefficient (Wildman–Crippen LogP) is 0.206. The van der Waals surface area contributed by atoms with Crippen molar-refractivity contribution in [3.63, 3.8) is 0 Å². The molecule has 5 heteroatoms. The van der Waals surface area contributed by atoms with Crippen LogP contribution < -0.4 is 5.73 Å². The standard InChI is InChI=1S/C10H15N3O2/c1-5-7(2)13-9(14)12-8(11)10(13,3)6-15-4/h1,7H,6H2,2-4H3,(H2,11,12,14). The van der Waals surface area contributed by atoms with Crippen LogP contribution in [0.3, 0.4) is 0 Å². The second kappa shape index (κ2) is 3.91. The minimum absolute atomic E-state index is 0.247. The van der Waals surface area contributed by atoms with E-state index in [0.29, 0.717) is 0 Å². The summed E-state index contributed by atoms with van der Waals surface area (Å²) < 4.78 is 5.05. The number of urea groups is 1. The number of ether oxygens (including phenoxy) is 1. The van der Waals surface area contributed by atoms with Crippen LogP contribution in [0.2, 0.25) is 0 Å². The molecule has 1 aliphatic heterocycles. The molecular weight excluding hydrogens is 194 g/mol. The number of aliphatic imine (C=N–C) groups is 1. The van der Waals surface area contributed by atoms with Gasteiger partial charge in [-0.2, -0.15) is 4.99 Å². The summed E-state index contributed by atoms with van der Waals surface area (Å²) in [4.78, 5) is 16.8. The van der Waals surface area contributed by atoms with Crippen LogP contribution in [0.25, 0.3) is 0 Å². The molecule has 1 aliphatic rings. The lowest BCUT2D eigenvalue weighted by molar-refractivity contribution is 0.0850. The topological polar surface area (TPSA) is 67.9 Å². The molecule has 2 unspecified atom stereocenters. The highest BCUT2D eigenvalue weighted by molar-refractivity contribution is 6.05. The number of nitrogens with zero attached hydrogens (tertiary/aromatic N) is 2. The van der Waals surface area contributed by atoms with Crippen molar-refractivity contribution in [1.82, 2.24) is 4.90 Å². The van der Waals surface area contributed by atoms with Crippen molar-refractivity contribution in [1.29, 1.82) is 0 Å². The van der Waals surface area contributed by atoms with E-state index in [1.807, 2.05) is 0 Å². The van der Waals surface area contributed by atoms with Crippen LogP contribution >= 0.6 is 0 Å². The minimum Gasteiger partial charge on any atom is -0.385 e. The van der Waals surface area contributed by atoms with Gasteiger partial charge in [0.15, 0.2) is 0 Å². The Morgan fingerprint density at radius 3 is 2.87 bits per heavy atom. The van der Waals surface area contributed by atoms with Gasteiger partial charge in [-0.3, -0.25) is 4.90 Å². The maximum absolute atomic E-state index is 11.6. The molecule has 0 saturated heterocycles. The first-order chi connectivity index (χ1) is 6.97. The first-order valence-electron chi connectivity index (χ1n) is 4.60. The van der Waals surface area contributed by atoms with Gasteiger partial charge in [-0.05, 0) is 13.8 Å². The molecule has 0 aromatic heterocycles. The molecule has 0 spiro atoms. The number of methoxy groups -OCH3 is 1. The van der Waals surface area contributed by atoms with E-state index < -0.39 is 11.6 Å². The molecule has 0 fully saturated rings. The average molecular weight is 209 g/mol. The number of amidine groups is 1. The summed E-state index contributed by atoms with van der Waals surface area (Å²) in [5.74, 6) is 2.74. The Morgan fingerprint density at radius 2 is 2.40 bits per heavy atom. The molecule has 0 saturated carbocycles.